The predicted octanol–water partition coefficient (Wildman–Crippen LogP) is 3.18. The number of hydrogen-bond donors (Lipinski definition) is 2. The average molecular weight is 419 g/mol. The lowest BCUT2D eigenvalue weighted by Crippen LogP contribution is -2.39. The molecule has 1 saturated heterocycles. The smallest absolute Gasteiger partial charge is 0.187 e. The Hall–Kier alpha value is -3.73. The number of hydrogen-bond acceptors (Lipinski definition) is 7. The molecule has 1 fully saturated rings. The Balaban J connectivity index is 1.63. The van der Waals surface area contributed by atoms with Crippen LogP contribution in [-0.4, -0.2) is 58.4 Å². The van der Waals surface area contributed by atoms with Crippen LogP contribution in [0.25, 0.3) is 11.0 Å². The van der Waals surface area contributed by atoms with E-state index in [4.69, 9.17) is 9.47 Å². The molecule has 0 radical (unpaired) electrons. The van der Waals surface area contributed by atoms with Gasteiger partial charge in [-0.1, -0.05) is 12.0 Å². The van der Waals surface area contributed by atoms with Crippen LogP contribution in [0.15, 0.2) is 36.8 Å². The number of piperidine rings is 1. The Morgan fingerprint density at radius 1 is 1.16 bits per heavy atom. The number of aromatic amines is 1. The van der Waals surface area contributed by atoms with E-state index in [1.807, 2.05) is 25.1 Å². The van der Waals surface area contributed by atoms with Crippen molar-refractivity contribution in [3.63, 3.8) is 0 Å². The minimum atomic E-state index is 0.293. The van der Waals surface area contributed by atoms with Crippen LogP contribution in [-0.2, 0) is 0 Å². The molecule has 1 atom stereocenters. The maximum absolute atomic E-state index is 5.33. The van der Waals surface area contributed by atoms with Crippen molar-refractivity contribution in [2.45, 2.75) is 25.8 Å². The third-order valence-electron chi connectivity index (χ3n) is 5.19. The largest absolute Gasteiger partial charge is 0.497 e. The molecule has 160 valence electrons. The fraction of sp³-hybridized carbons (Fsp3) is 0.348. The van der Waals surface area contributed by atoms with Crippen LogP contribution in [0.5, 0.6) is 11.5 Å². The van der Waals surface area contributed by atoms with E-state index in [-0.39, 0.29) is 0 Å². The van der Waals surface area contributed by atoms with E-state index in [0.717, 1.165) is 42.7 Å². The highest BCUT2D eigenvalue weighted by molar-refractivity contribution is 5.91. The monoisotopic (exact) mass is 418 g/mol. The summed E-state index contributed by atoms with van der Waals surface area (Å²) >= 11 is 0. The second kappa shape index (κ2) is 9.39. The molecule has 0 amide bonds. The Labute approximate surface area is 181 Å². The number of aromatic nitrogens is 4. The number of likely N-dealkylation sites (tertiary alicyclic amines) is 1. The van der Waals surface area contributed by atoms with E-state index < -0.39 is 0 Å². The van der Waals surface area contributed by atoms with Crippen LogP contribution < -0.4 is 14.8 Å². The maximum atomic E-state index is 5.33. The normalized spacial score (nSPS) is 16.2. The van der Waals surface area contributed by atoms with Gasteiger partial charge in [0.1, 0.15) is 29.3 Å². The van der Waals surface area contributed by atoms with Crippen LogP contribution in [0.3, 0.4) is 0 Å². The zero-order valence-electron chi connectivity index (χ0n) is 18.0. The number of fused-ring (bicyclic) bond motifs is 1. The molecule has 0 aliphatic carbocycles. The molecule has 1 aliphatic heterocycles. The summed E-state index contributed by atoms with van der Waals surface area (Å²) < 4.78 is 10.7. The van der Waals surface area contributed by atoms with Crippen LogP contribution in [0, 0.1) is 11.8 Å². The summed E-state index contributed by atoms with van der Waals surface area (Å²) in [6.07, 6.45) is 7.96. The summed E-state index contributed by atoms with van der Waals surface area (Å²) in [5.74, 6) is 8.46. The summed E-state index contributed by atoms with van der Waals surface area (Å²) in [6, 6.07) is 5.83. The minimum Gasteiger partial charge on any atom is -0.497 e. The Bertz CT molecular complexity index is 1120. The van der Waals surface area contributed by atoms with Gasteiger partial charge in [0.2, 0.25) is 0 Å². The second-order valence-electron chi connectivity index (χ2n) is 7.33. The molecule has 2 aromatic heterocycles. The molecule has 0 saturated carbocycles. The average Bonchev–Trinajstić information content (AvgIpc) is 3.22. The van der Waals surface area contributed by atoms with Gasteiger partial charge in [0.15, 0.2) is 5.65 Å². The molecule has 1 aromatic carbocycles. The standard InChI is InChI=1S/C23H26N6O2/c1-4-9-29-10-5-6-17(14-29)26-22-21-20(27-28-23(21)25-15-24-22)8-7-16-11-18(30-2)13-19(12-16)31-3/h4,9,11-13,15,17H,5-6,10,14H2,1-3H3,(H2,24,25,26,27,28)/t17-/m0/s1. The molecule has 0 spiro atoms. The zero-order chi connectivity index (χ0) is 21.6. The fourth-order valence-corrected chi connectivity index (χ4v) is 3.73. The first-order valence-electron chi connectivity index (χ1n) is 10.3. The van der Waals surface area contributed by atoms with Gasteiger partial charge < -0.3 is 19.7 Å². The van der Waals surface area contributed by atoms with Gasteiger partial charge in [-0.05, 0) is 44.0 Å². The molecule has 8 heteroatoms. The Morgan fingerprint density at radius 3 is 2.71 bits per heavy atom. The summed E-state index contributed by atoms with van der Waals surface area (Å²) in [4.78, 5) is 11.1. The first kappa shape index (κ1) is 20.5. The highest BCUT2D eigenvalue weighted by Crippen LogP contribution is 2.25. The molecule has 8 nitrogen and oxygen atoms in total. The summed E-state index contributed by atoms with van der Waals surface area (Å²) in [5, 5.41) is 11.7. The number of ether oxygens (including phenoxy) is 2. The molecular weight excluding hydrogens is 392 g/mol. The van der Waals surface area contributed by atoms with Crippen LogP contribution in [0.1, 0.15) is 31.0 Å². The number of benzene rings is 1. The zero-order valence-corrected chi connectivity index (χ0v) is 18.0. The summed E-state index contributed by atoms with van der Waals surface area (Å²) in [6.45, 7) is 4.05. The number of nitrogens with one attached hydrogen (secondary N) is 2. The van der Waals surface area contributed by atoms with Crippen molar-refractivity contribution in [3.8, 4) is 23.3 Å². The molecule has 2 N–H and O–H groups in total. The number of anilines is 1. The number of nitrogens with zero attached hydrogens (tertiary/aromatic N) is 4. The maximum Gasteiger partial charge on any atom is 0.187 e. The highest BCUT2D eigenvalue weighted by Gasteiger charge is 2.20. The third kappa shape index (κ3) is 4.72. The Kier molecular flexibility index (Phi) is 6.22. The quantitative estimate of drug-likeness (QED) is 0.615. The number of rotatable bonds is 5. The number of allylic oxidation sites excluding steroid dienone is 1. The third-order valence-corrected chi connectivity index (χ3v) is 5.19. The first-order chi connectivity index (χ1) is 15.2. The topological polar surface area (TPSA) is 88.2 Å². The minimum absolute atomic E-state index is 0.293. The van der Waals surface area contributed by atoms with Crippen LogP contribution in [0.2, 0.25) is 0 Å². The van der Waals surface area contributed by atoms with Crippen molar-refractivity contribution >= 4 is 16.9 Å². The molecule has 31 heavy (non-hydrogen) atoms. The van der Waals surface area contributed by atoms with E-state index in [1.54, 1.807) is 14.2 Å². The molecular formula is C23H26N6O2. The number of methoxy groups -OCH3 is 2. The predicted molar refractivity (Wildman–Crippen MR) is 120 cm³/mol. The van der Waals surface area contributed by atoms with Gasteiger partial charge in [0.25, 0.3) is 0 Å². The molecule has 3 aromatic rings. The van der Waals surface area contributed by atoms with E-state index >= 15 is 0 Å². The summed E-state index contributed by atoms with van der Waals surface area (Å²) in [5.41, 5.74) is 2.03. The lowest BCUT2D eigenvalue weighted by atomic mass is 10.1. The van der Waals surface area contributed by atoms with Crippen molar-refractivity contribution in [2.24, 2.45) is 0 Å². The second-order valence-corrected chi connectivity index (χ2v) is 7.33. The summed E-state index contributed by atoms with van der Waals surface area (Å²) in [7, 11) is 3.23. The van der Waals surface area contributed by atoms with Crippen molar-refractivity contribution in [2.75, 3.05) is 32.6 Å². The fourth-order valence-electron chi connectivity index (χ4n) is 3.73. The van der Waals surface area contributed by atoms with Crippen LogP contribution >= 0.6 is 0 Å². The van der Waals surface area contributed by atoms with Gasteiger partial charge in [0.05, 0.1) is 19.6 Å². The van der Waals surface area contributed by atoms with Gasteiger partial charge in [-0.2, -0.15) is 5.10 Å². The van der Waals surface area contributed by atoms with Gasteiger partial charge in [0, 0.05) is 30.8 Å². The van der Waals surface area contributed by atoms with Gasteiger partial charge in [-0.25, -0.2) is 9.97 Å². The van der Waals surface area contributed by atoms with Gasteiger partial charge in [-0.3, -0.25) is 5.10 Å². The Morgan fingerprint density at radius 2 is 1.97 bits per heavy atom. The molecule has 1 aliphatic rings. The van der Waals surface area contributed by atoms with Crippen molar-refractivity contribution in [1.82, 2.24) is 25.1 Å². The highest BCUT2D eigenvalue weighted by atomic mass is 16.5. The van der Waals surface area contributed by atoms with Crippen molar-refractivity contribution < 1.29 is 9.47 Å². The lowest BCUT2D eigenvalue weighted by Gasteiger charge is -2.32. The van der Waals surface area contributed by atoms with E-state index in [1.165, 1.54) is 6.33 Å². The molecule has 3 heterocycles. The molecule has 0 unspecified atom stereocenters. The SMILES string of the molecule is CC=CN1CCC[C@H](Nc2ncnc3n[nH]c(C#Cc4cc(OC)cc(OC)c4)c23)C1. The van der Waals surface area contributed by atoms with Crippen molar-refractivity contribution in [3.05, 3.63) is 48.1 Å². The lowest BCUT2D eigenvalue weighted by molar-refractivity contribution is 0.290. The molecule has 4 rings (SSSR count). The number of H-pyrrole nitrogens is 1. The van der Waals surface area contributed by atoms with E-state index in [0.29, 0.717) is 28.9 Å². The van der Waals surface area contributed by atoms with E-state index in [2.05, 4.69) is 54.5 Å². The van der Waals surface area contributed by atoms with Crippen molar-refractivity contribution in [1.29, 1.82) is 0 Å². The van der Waals surface area contributed by atoms with E-state index in [9.17, 15) is 0 Å². The first-order valence-corrected chi connectivity index (χ1v) is 10.3. The van der Waals surface area contributed by atoms with Gasteiger partial charge in [-0.15, -0.1) is 0 Å². The van der Waals surface area contributed by atoms with Crippen LogP contribution in [0.4, 0.5) is 5.82 Å². The molecule has 0 bridgehead atoms. The van der Waals surface area contributed by atoms with Gasteiger partial charge >= 0.3 is 0 Å².